The van der Waals surface area contributed by atoms with Crippen molar-refractivity contribution in [1.29, 1.82) is 0 Å². The van der Waals surface area contributed by atoms with Gasteiger partial charge in [0.1, 0.15) is 5.75 Å². The van der Waals surface area contributed by atoms with Gasteiger partial charge in [-0.15, -0.1) is 0 Å². The first-order valence-electron chi connectivity index (χ1n) is 6.55. The molecule has 3 heteroatoms. The lowest BCUT2D eigenvalue weighted by Gasteiger charge is -2.10. The van der Waals surface area contributed by atoms with E-state index in [1.54, 1.807) is 7.11 Å². The highest BCUT2D eigenvalue weighted by Gasteiger charge is 2.05. The highest BCUT2D eigenvalue weighted by molar-refractivity contribution is 5.72. The Labute approximate surface area is 115 Å². The van der Waals surface area contributed by atoms with E-state index < -0.39 is 0 Å². The van der Waals surface area contributed by atoms with Gasteiger partial charge in [0.2, 0.25) is 0 Å². The fourth-order valence-corrected chi connectivity index (χ4v) is 1.87. The van der Waals surface area contributed by atoms with E-state index in [1.165, 1.54) is 5.56 Å². The number of rotatable bonds is 6. The third-order valence-electron chi connectivity index (χ3n) is 2.89. The third-order valence-corrected chi connectivity index (χ3v) is 2.89. The van der Waals surface area contributed by atoms with Gasteiger partial charge in [0, 0.05) is 12.0 Å². The van der Waals surface area contributed by atoms with E-state index in [4.69, 9.17) is 9.47 Å². The van der Waals surface area contributed by atoms with Crippen LogP contribution in [0.5, 0.6) is 5.75 Å². The zero-order valence-electron chi connectivity index (χ0n) is 12.2. The standard InChI is InChI=1S/C16H22O3/c1-5-19-16(17)8-6-7-13(3)14-10-9-12(2)11-15(14)18-4/h7,9-11H,5-6,8H2,1-4H3/b13-7+. The minimum absolute atomic E-state index is 0.151. The Morgan fingerprint density at radius 2 is 2.11 bits per heavy atom. The highest BCUT2D eigenvalue weighted by Crippen LogP contribution is 2.27. The lowest BCUT2D eigenvalue weighted by atomic mass is 10.0. The van der Waals surface area contributed by atoms with E-state index in [9.17, 15) is 4.79 Å². The third kappa shape index (κ3) is 4.78. The normalized spacial score (nSPS) is 11.3. The van der Waals surface area contributed by atoms with Gasteiger partial charge in [0.15, 0.2) is 0 Å². The lowest BCUT2D eigenvalue weighted by Crippen LogP contribution is -2.02. The summed E-state index contributed by atoms with van der Waals surface area (Å²) in [6.07, 6.45) is 3.14. The molecule has 1 rings (SSSR count). The molecule has 0 saturated heterocycles. The summed E-state index contributed by atoms with van der Waals surface area (Å²) in [5, 5.41) is 0. The zero-order valence-corrected chi connectivity index (χ0v) is 12.2. The number of allylic oxidation sites excluding steroid dienone is 2. The second kappa shape index (κ2) is 7.62. The Morgan fingerprint density at radius 1 is 1.37 bits per heavy atom. The SMILES string of the molecule is CCOC(=O)CC/C=C(\C)c1ccc(C)cc1OC. The van der Waals surface area contributed by atoms with Crippen molar-refractivity contribution in [1.82, 2.24) is 0 Å². The van der Waals surface area contributed by atoms with Crippen molar-refractivity contribution in [2.24, 2.45) is 0 Å². The number of esters is 1. The molecule has 0 amide bonds. The van der Waals surface area contributed by atoms with Gasteiger partial charge in [-0.05, 0) is 44.4 Å². The number of ether oxygens (including phenoxy) is 2. The quantitative estimate of drug-likeness (QED) is 0.732. The van der Waals surface area contributed by atoms with Gasteiger partial charge in [-0.1, -0.05) is 18.2 Å². The molecule has 0 aliphatic rings. The number of carbonyl (C=O) groups is 1. The van der Waals surface area contributed by atoms with Gasteiger partial charge in [-0.2, -0.15) is 0 Å². The van der Waals surface area contributed by atoms with Crippen LogP contribution in [0.2, 0.25) is 0 Å². The first-order chi connectivity index (χ1) is 9.08. The second-order valence-corrected chi connectivity index (χ2v) is 4.43. The summed E-state index contributed by atoms with van der Waals surface area (Å²) in [5.41, 5.74) is 3.35. The largest absolute Gasteiger partial charge is 0.496 e. The molecule has 0 aliphatic heterocycles. The van der Waals surface area contributed by atoms with Gasteiger partial charge in [-0.25, -0.2) is 0 Å². The Balaban J connectivity index is 2.71. The van der Waals surface area contributed by atoms with Crippen molar-refractivity contribution in [2.75, 3.05) is 13.7 Å². The Kier molecular flexibility index (Phi) is 6.13. The van der Waals surface area contributed by atoms with E-state index in [1.807, 2.05) is 39.0 Å². The molecule has 0 aromatic heterocycles. The topological polar surface area (TPSA) is 35.5 Å². The Morgan fingerprint density at radius 3 is 2.74 bits per heavy atom. The molecule has 0 aliphatic carbocycles. The average molecular weight is 262 g/mol. The Bertz CT molecular complexity index is 461. The molecular formula is C16H22O3. The molecular weight excluding hydrogens is 240 g/mol. The molecule has 0 heterocycles. The first-order valence-corrected chi connectivity index (χ1v) is 6.55. The molecule has 3 nitrogen and oxygen atoms in total. The molecule has 19 heavy (non-hydrogen) atoms. The number of hydrogen-bond donors (Lipinski definition) is 0. The van der Waals surface area contributed by atoms with Crippen LogP contribution in [0.15, 0.2) is 24.3 Å². The van der Waals surface area contributed by atoms with E-state index in [0.717, 1.165) is 16.9 Å². The van der Waals surface area contributed by atoms with E-state index in [0.29, 0.717) is 19.4 Å². The van der Waals surface area contributed by atoms with Crippen LogP contribution in [-0.2, 0) is 9.53 Å². The van der Waals surface area contributed by atoms with E-state index in [-0.39, 0.29) is 5.97 Å². The lowest BCUT2D eigenvalue weighted by molar-refractivity contribution is -0.142. The summed E-state index contributed by atoms with van der Waals surface area (Å²) in [5.74, 6) is 0.715. The summed E-state index contributed by atoms with van der Waals surface area (Å²) in [6.45, 7) is 6.31. The first kappa shape index (κ1) is 15.3. The fraction of sp³-hybridized carbons (Fsp3) is 0.438. The molecule has 0 saturated carbocycles. The summed E-state index contributed by atoms with van der Waals surface area (Å²) < 4.78 is 10.3. The zero-order chi connectivity index (χ0) is 14.3. The van der Waals surface area contributed by atoms with Crippen LogP contribution in [0.4, 0.5) is 0 Å². The average Bonchev–Trinajstić information content (AvgIpc) is 2.38. The van der Waals surface area contributed by atoms with Crippen LogP contribution in [0, 0.1) is 6.92 Å². The smallest absolute Gasteiger partial charge is 0.306 e. The maximum absolute atomic E-state index is 11.3. The number of aryl methyl sites for hydroxylation is 1. The minimum Gasteiger partial charge on any atom is -0.496 e. The van der Waals surface area contributed by atoms with Gasteiger partial charge < -0.3 is 9.47 Å². The van der Waals surface area contributed by atoms with Crippen LogP contribution in [0.25, 0.3) is 5.57 Å². The van der Waals surface area contributed by atoms with Crippen LogP contribution in [0.1, 0.15) is 37.8 Å². The molecule has 104 valence electrons. The monoisotopic (exact) mass is 262 g/mol. The molecule has 0 fully saturated rings. The molecule has 0 radical (unpaired) electrons. The predicted octanol–water partition coefficient (Wildman–Crippen LogP) is 3.75. The summed E-state index contributed by atoms with van der Waals surface area (Å²) >= 11 is 0. The maximum atomic E-state index is 11.3. The van der Waals surface area contributed by atoms with Crippen LogP contribution in [-0.4, -0.2) is 19.7 Å². The number of carbonyl (C=O) groups excluding carboxylic acids is 1. The molecule has 1 aromatic carbocycles. The van der Waals surface area contributed by atoms with Gasteiger partial charge in [0.25, 0.3) is 0 Å². The molecule has 1 aromatic rings. The van der Waals surface area contributed by atoms with Crippen molar-refractivity contribution in [3.63, 3.8) is 0 Å². The predicted molar refractivity (Wildman–Crippen MR) is 77.2 cm³/mol. The summed E-state index contributed by atoms with van der Waals surface area (Å²) in [7, 11) is 1.67. The molecule has 0 atom stereocenters. The van der Waals surface area contributed by atoms with Crippen molar-refractivity contribution in [3.05, 3.63) is 35.4 Å². The van der Waals surface area contributed by atoms with Crippen molar-refractivity contribution < 1.29 is 14.3 Å². The van der Waals surface area contributed by atoms with E-state index in [2.05, 4.69) is 6.07 Å². The van der Waals surface area contributed by atoms with Gasteiger partial charge in [-0.3, -0.25) is 4.79 Å². The van der Waals surface area contributed by atoms with Gasteiger partial charge in [0.05, 0.1) is 13.7 Å². The molecule has 0 spiro atoms. The van der Waals surface area contributed by atoms with Crippen molar-refractivity contribution in [2.45, 2.75) is 33.6 Å². The highest BCUT2D eigenvalue weighted by atomic mass is 16.5. The summed E-state index contributed by atoms with van der Waals surface area (Å²) in [6, 6.07) is 6.11. The Hall–Kier alpha value is -1.77. The van der Waals surface area contributed by atoms with Crippen LogP contribution in [0.3, 0.4) is 0 Å². The van der Waals surface area contributed by atoms with E-state index >= 15 is 0 Å². The minimum atomic E-state index is -0.151. The van der Waals surface area contributed by atoms with Gasteiger partial charge >= 0.3 is 5.97 Å². The summed E-state index contributed by atoms with van der Waals surface area (Å²) in [4.78, 5) is 11.3. The molecule has 0 N–H and O–H groups in total. The van der Waals surface area contributed by atoms with Crippen molar-refractivity contribution >= 4 is 11.5 Å². The maximum Gasteiger partial charge on any atom is 0.306 e. The number of benzene rings is 1. The molecule has 0 unspecified atom stereocenters. The fourth-order valence-electron chi connectivity index (χ4n) is 1.87. The molecule has 0 bridgehead atoms. The van der Waals surface area contributed by atoms with Crippen LogP contribution >= 0.6 is 0 Å². The number of methoxy groups -OCH3 is 1. The second-order valence-electron chi connectivity index (χ2n) is 4.43. The number of hydrogen-bond acceptors (Lipinski definition) is 3. The van der Waals surface area contributed by atoms with Crippen molar-refractivity contribution in [3.8, 4) is 5.75 Å². The van der Waals surface area contributed by atoms with Crippen LogP contribution < -0.4 is 4.74 Å².